The Hall–Kier alpha value is -1.96. The molecule has 0 bridgehead atoms. The molecule has 0 amide bonds. The smallest absolute Gasteiger partial charge is 0.0407 e. The van der Waals surface area contributed by atoms with Gasteiger partial charge in [0, 0.05) is 23.5 Å². The summed E-state index contributed by atoms with van der Waals surface area (Å²) in [7, 11) is 0. The zero-order chi connectivity index (χ0) is 23.0. The van der Waals surface area contributed by atoms with Crippen LogP contribution in [0.25, 0.3) is 0 Å². The van der Waals surface area contributed by atoms with E-state index in [2.05, 4.69) is 90.3 Å². The molecule has 0 aromatic heterocycles. The molecule has 31 heavy (non-hydrogen) atoms. The van der Waals surface area contributed by atoms with E-state index >= 15 is 0 Å². The molecule has 172 valence electrons. The van der Waals surface area contributed by atoms with Gasteiger partial charge < -0.3 is 10.6 Å². The van der Waals surface area contributed by atoms with Crippen LogP contribution < -0.4 is 10.6 Å². The Morgan fingerprint density at radius 2 is 0.839 bits per heavy atom. The molecule has 2 heteroatoms. The van der Waals surface area contributed by atoms with E-state index in [1.165, 1.54) is 44.8 Å². The van der Waals surface area contributed by atoms with Crippen LogP contribution in [0.1, 0.15) is 102 Å². The van der Waals surface area contributed by atoms with Gasteiger partial charge in [-0.1, -0.05) is 65.8 Å². The molecule has 0 spiro atoms. The molecule has 2 aromatic rings. The highest BCUT2D eigenvalue weighted by atomic mass is 14.9. The third kappa shape index (κ3) is 6.51. The van der Waals surface area contributed by atoms with Gasteiger partial charge in [0.05, 0.1) is 0 Å². The zero-order valence-electron chi connectivity index (χ0n) is 21.4. The van der Waals surface area contributed by atoms with E-state index in [-0.39, 0.29) is 0 Å². The third-order valence-corrected chi connectivity index (χ3v) is 6.66. The predicted octanol–water partition coefficient (Wildman–Crippen LogP) is 7.95. The number of hydrogen-bond acceptors (Lipinski definition) is 2. The Morgan fingerprint density at radius 3 is 1.06 bits per heavy atom. The Balaban J connectivity index is 2.43. The number of anilines is 2. The number of benzene rings is 2. The van der Waals surface area contributed by atoms with Gasteiger partial charge in [-0.3, -0.25) is 0 Å². The molecule has 0 heterocycles. The molecule has 0 aliphatic rings. The summed E-state index contributed by atoms with van der Waals surface area (Å²) in [4.78, 5) is 0. The van der Waals surface area contributed by atoms with Crippen molar-refractivity contribution in [2.75, 3.05) is 10.6 Å². The van der Waals surface area contributed by atoms with Crippen molar-refractivity contribution in [3.63, 3.8) is 0 Å². The minimum atomic E-state index is 0.506. The molecule has 0 fully saturated rings. The Labute approximate surface area is 192 Å². The number of aryl methyl sites for hydroxylation is 4. The Kier molecular flexibility index (Phi) is 9.93. The van der Waals surface area contributed by atoms with Crippen LogP contribution in [0.3, 0.4) is 0 Å². The monoisotopic (exact) mass is 422 g/mol. The number of hydrogen-bond donors (Lipinski definition) is 2. The van der Waals surface area contributed by atoms with Crippen molar-refractivity contribution in [1.29, 1.82) is 0 Å². The molecule has 2 rings (SSSR count). The second-order valence-electron chi connectivity index (χ2n) is 9.08. The average molecular weight is 423 g/mol. The van der Waals surface area contributed by atoms with E-state index in [1.54, 1.807) is 0 Å². The van der Waals surface area contributed by atoms with Crippen LogP contribution in [0, 0.1) is 0 Å². The lowest BCUT2D eigenvalue weighted by Gasteiger charge is -2.22. The fourth-order valence-corrected chi connectivity index (χ4v) is 4.30. The van der Waals surface area contributed by atoms with Crippen LogP contribution in [-0.4, -0.2) is 12.1 Å². The lowest BCUT2D eigenvalue weighted by Crippen LogP contribution is -2.17. The van der Waals surface area contributed by atoms with Crippen molar-refractivity contribution in [3.05, 3.63) is 57.6 Å². The normalized spacial score (nSPS) is 13.2. The van der Waals surface area contributed by atoms with Crippen molar-refractivity contribution >= 4 is 11.4 Å². The van der Waals surface area contributed by atoms with Crippen molar-refractivity contribution < 1.29 is 0 Å². The molecule has 0 radical (unpaired) electrons. The lowest BCUT2D eigenvalue weighted by atomic mass is 9.92. The molecule has 0 aliphatic heterocycles. The average Bonchev–Trinajstić information content (AvgIpc) is 2.79. The quantitative estimate of drug-likeness (QED) is 0.362. The molecule has 2 unspecified atom stereocenters. The van der Waals surface area contributed by atoms with Crippen molar-refractivity contribution in [1.82, 2.24) is 0 Å². The van der Waals surface area contributed by atoms with E-state index in [0.29, 0.717) is 12.1 Å². The molecule has 0 saturated heterocycles. The van der Waals surface area contributed by atoms with Crippen LogP contribution in [0.15, 0.2) is 24.3 Å². The minimum absolute atomic E-state index is 0.506. The first-order valence-electron chi connectivity index (χ1n) is 12.7. The Morgan fingerprint density at radius 1 is 0.548 bits per heavy atom. The number of nitrogens with one attached hydrogen (secondary N) is 2. The lowest BCUT2D eigenvalue weighted by molar-refractivity contribution is 0.759. The molecule has 2 N–H and O–H groups in total. The topological polar surface area (TPSA) is 24.1 Å². The molecule has 0 saturated carbocycles. The molecule has 2 aromatic carbocycles. The van der Waals surface area contributed by atoms with E-state index in [9.17, 15) is 0 Å². The fraction of sp³-hybridized carbons (Fsp3) is 0.586. The predicted molar refractivity (Wildman–Crippen MR) is 140 cm³/mol. The maximum absolute atomic E-state index is 3.78. The zero-order valence-corrected chi connectivity index (χ0v) is 21.4. The first kappa shape index (κ1) is 25.3. The number of rotatable bonds is 12. The van der Waals surface area contributed by atoms with Crippen LogP contribution in [-0.2, 0) is 32.1 Å². The van der Waals surface area contributed by atoms with Gasteiger partial charge in [0.15, 0.2) is 0 Å². The molecular weight excluding hydrogens is 376 g/mol. The van der Waals surface area contributed by atoms with Crippen LogP contribution in [0.4, 0.5) is 11.4 Å². The van der Waals surface area contributed by atoms with Gasteiger partial charge in [0.2, 0.25) is 0 Å². The van der Waals surface area contributed by atoms with Gasteiger partial charge >= 0.3 is 0 Å². The summed E-state index contributed by atoms with van der Waals surface area (Å²) in [5.74, 6) is 0. The largest absolute Gasteiger partial charge is 0.382 e. The van der Waals surface area contributed by atoms with E-state index < -0.39 is 0 Å². The first-order valence-corrected chi connectivity index (χ1v) is 12.7. The van der Waals surface area contributed by atoms with Gasteiger partial charge in [-0.15, -0.1) is 0 Å². The highest BCUT2D eigenvalue weighted by molar-refractivity contribution is 5.62. The maximum atomic E-state index is 3.78. The van der Waals surface area contributed by atoms with Gasteiger partial charge in [-0.05, 0) is 92.2 Å². The van der Waals surface area contributed by atoms with E-state index in [4.69, 9.17) is 0 Å². The summed E-state index contributed by atoms with van der Waals surface area (Å²) >= 11 is 0. The summed E-state index contributed by atoms with van der Waals surface area (Å²) in [6.07, 6.45) is 7.56. The van der Waals surface area contributed by atoms with Crippen LogP contribution in [0.2, 0.25) is 0 Å². The van der Waals surface area contributed by atoms with E-state index in [0.717, 1.165) is 44.9 Å². The van der Waals surface area contributed by atoms with Crippen molar-refractivity contribution in [2.24, 2.45) is 0 Å². The Bertz CT molecular complexity index is 717. The molecule has 2 atom stereocenters. The summed E-state index contributed by atoms with van der Waals surface area (Å²) in [5.41, 5.74) is 11.4. The molecule has 2 nitrogen and oxygen atoms in total. The molecule has 0 aliphatic carbocycles. The van der Waals surface area contributed by atoms with Crippen molar-refractivity contribution in [2.45, 2.75) is 112 Å². The summed E-state index contributed by atoms with van der Waals surface area (Å²) in [6.45, 7) is 18.2. The maximum Gasteiger partial charge on any atom is 0.0407 e. The second kappa shape index (κ2) is 12.2. The highest BCUT2D eigenvalue weighted by Gasteiger charge is 2.14. The van der Waals surface area contributed by atoms with Gasteiger partial charge in [-0.25, -0.2) is 0 Å². The molecular formula is C29H46N2. The first-order chi connectivity index (χ1) is 14.9. The van der Waals surface area contributed by atoms with Gasteiger partial charge in [0.25, 0.3) is 0 Å². The third-order valence-electron chi connectivity index (χ3n) is 6.66. The fourth-order valence-electron chi connectivity index (χ4n) is 4.30. The van der Waals surface area contributed by atoms with Gasteiger partial charge in [-0.2, -0.15) is 0 Å². The summed E-state index contributed by atoms with van der Waals surface area (Å²) in [5, 5.41) is 7.56. The minimum Gasteiger partial charge on any atom is -0.382 e. The van der Waals surface area contributed by atoms with Crippen molar-refractivity contribution in [3.8, 4) is 0 Å². The summed E-state index contributed by atoms with van der Waals surface area (Å²) < 4.78 is 0. The standard InChI is InChI=1S/C29H46N2/c1-9-20(7)30-28-24(11-3)16-22(17-25(28)12-4)15-23-18-26(13-5)29(27(14-6)19-23)31-21(8)10-2/h16-21,30-31H,9-15H2,1-8H3. The SMILES string of the molecule is CCc1cc(Cc2cc(CC)c(NC(C)CC)c(CC)c2)cc(CC)c1NC(C)CC. The van der Waals surface area contributed by atoms with Crippen LogP contribution >= 0.6 is 0 Å². The highest BCUT2D eigenvalue weighted by Crippen LogP contribution is 2.30. The van der Waals surface area contributed by atoms with Crippen LogP contribution in [0.5, 0.6) is 0 Å². The van der Waals surface area contributed by atoms with E-state index in [1.807, 2.05) is 0 Å². The van der Waals surface area contributed by atoms with Gasteiger partial charge in [0.1, 0.15) is 0 Å². The summed E-state index contributed by atoms with van der Waals surface area (Å²) in [6, 6.07) is 10.8. The second-order valence-corrected chi connectivity index (χ2v) is 9.08.